The molecular weight excluding hydrogens is 297 g/mol. The van der Waals surface area contributed by atoms with Gasteiger partial charge in [0.1, 0.15) is 5.00 Å². The van der Waals surface area contributed by atoms with Gasteiger partial charge in [-0.3, -0.25) is 4.79 Å². The number of nitrogens with one attached hydrogen (secondary N) is 1. The molecule has 1 aromatic heterocycles. The van der Waals surface area contributed by atoms with E-state index in [-0.39, 0.29) is 5.78 Å². The van der Waals surface area contributed by atoms with Gasteiger partial charge in [-0.15, -0.1) is 23.1 Å². The summed E-state index contributed by atoms with van der Waals surface area (Å²) in [5.41, 5.74) is 6.16. The highest BCUT2D eigenvalue weighted by molar-refractivity contribution is 7.99. The van der Waals surface area contributed by atoms with Gasteiger partial charge in [0.2, 0.25) is 0 Å². The Hall–Kier alpha value is -0.890. The van der Waals surface area contributed by atoms with Crippen molar-refractivity contribution in [3.63, 3.8) is 0 Å². The zero-order valence-corrected chi connectivity index (χ0v) is 12.4. The summed E-state index contributed by atoms with van der Waals surface area (Å²) >= 11 is 2.41. The number of anilines is 2. The van der Waals surface area contributed by atoms with Crippen molar-refractivity contribution in [1.29, 1.82) is 0 Å². The van der Waals surface area contributed by atoms with Crippen LogP contribution in [-0.4, -0.2) is 24.3 Å². The summed E-state index contributed by atoms with van der Waals surface area (Å²) in [6, 6.07) is -0.774. The van der Waals surface area contributed by atoms with Crippen LogP contribution in [0.15, 0.2) is 4.90 Å². The highest BCUT2D eigenvalue weighted by Crippen LogP contribution is 2.42. The van der Waals surface area contributed by atoms with Crippen LogP contribution in [0.2, 0.25) is 0 Å². The number of thiophene rings is 1. The van der Waals surface area contributed by atoms with Gasteiger partial charge in [0.15, 0.2) is 5.78 Å². The molecule has 0 aliphatic carbocycles. The van der Waals surface area contributed by atoms with Crippen LogP contribution in [0.4, 0.5) is 23.9 Å². The van der Waals surface area contributed by atoms with E-state index in [0.29, 0.717) is 20.5 Å². The van der Waals surface area contributed by atoms with Crippen molar-refractivity contribution in [3.05, 3.63) is 4.88 Å². The molecule has 1 atom stereocenters. The molecule has 0 saturated carbocycles. The Labute approximate surface area is 117 Å². The second-order valence-corrected chi connectivity index (χ2v) is 5.97. The second-order valence-electron chi connectivity index (χ2n) is 4.13. The van der Waals surface area contributed by atoms with Crippen molar-refractivity contribution in [2.45, 2.75) is 37.4 Å². The second kappa shape index (κ2) is 6.04. The molecule has 19 heavy (non-hydrogen) atoms. The number of hydrogen-bond acceptors (Lipinski definition) is 5. The van der Waals surface area contributed by atoms with E-state index < -0.39 is 18.6 Å². The van der Waals surface area contributed by atoms with Crippen LogP contribution < -0.4 is 11.1 Å². The van der Waals surface area contributed by atoms with E-state index in [1.165, 1.54) is 25.6 Å². The fraction of sp³-hybridized carbons (Fsp3) is 0.545. The molecule has 3 N–H and O–H groups in total. The standard InChI is InChI=1S/C11H15F3N2OS2/c1-5(4-11(12,13)14)16-10-9(18-3)7(15)8(19-10)6(2)17/h5,16H,4,15H2,1-3H3. The lowest BCUT2D eigenvalue weighted by Gasteiger charge is -2.16. The van der Waals surface area contributed by atoms with Gasteiger partial charge >= 0.3 is 6.18 Å². The molecule has 0 aliphatic heterocycles. The molecule has 0 fully saturated rings. The maximum Gasteiger partial charge on any atom is 0.391 e. The third kappa shape index (κ3) is 4.31. The Morgan fingerprint density at radius 3 is 2.53 bits per heavy atom. The smallest absolute Gasteiger partial charge is 0.391 e. The third-order valence-corrected chi connectivity index (χ3v) is 4.54. The Balaban J connectivity index is 2.95. The number of rotatable bonds is 5. The summed E-state index contributed by atoms with van der Waals surface area (Å²) in [5, 5.41) is 3.30. The minimum atomic E-state index is -4.22. The highest BCUT2D eigenvalue weighted by Gasteiger charge is 2.30. The van der Waals surface area contributed by atoms with Gasteiger partial charge in [-0.05, 0) is 13.2 Å². The zero-order valence-electron chi connectivity index (χ0n) is 10.7. The molecular formula is C11H15F3N2OS2. The molecule has 0 saturated heterocycles. The number of nitrogens with two attached hydrogens (primary N) is 1. The first-order chi connectivity index (χ1) is 8.65. The monoisotopic (exact) mass is 312 g/mol. The summed E-state index contributed by atoms with van der Waals surface area (Å²) in [7, 11) is 0. The van der Waals surface area contributed by atoms with Crippen molar-refractivity contribution in [2.75, 3.05) is 17.3 Å². The van der Waals surface area contributed by atoms with E-state index in [1.807, 2.05) is 0 Å². The normalized spacial score (nSPS) is 13.4. The van der Waals surface area contributed by atoms with E-state index in [2.05, 4.69) is 5.32 Å². The van der Waals surface area contributed by atoms with Crippen molar-refractivity contribution in [3.8, 4) is 0 Å². The van der Waals surface area contributed by atoms with Crippen LogP contribution in [0, 0.1) is 0 Å². The van der Waals surface area contributed by atoms with E-state index in [1.54, 1.807) is 6.26 Å². The molecule has 3 nitrogen and oxygen atoms in total. The maximum atomic E-state index is 12.3. The Kier molecular flexibility index (Phi) is 5.14. The van der Waals surface area contributed by atoms with Crippen molar-refractivity contribution < 1.29 is 18.0 Å². The van der Waals surface area contributed by atoms with E-state index in [9.17, 15) is 18.0 Å². The Bertz CT molecular complexity index is 471. The van der Waals surface area contributed by atoms with Crippen molar-refractivity contribution in [1.82, 2.24) is 0 Å². The van der Waals surface area contributed by atoms with Crippen LogP contribution in [0.3, 0.4) is 0 Å². The molecule has 0 bridgehead atoms. The molecule has 0 radical (unpaired) electrons. The van der Waals surface area contributed by atoms with E-state index >= 15 is 0 Å². The number of nitrogen functional groups attached to an aromatic ring is 1. The van der Waals surface area contributed by atoms with Gasteiger partial charge in [0.25, 0.3) is 0 Å². The largest absolute Gasteiger partial charge is 0.396 e. The lowest BCUT2D eigenvalue weighted by atomic mass is 10.2. The Morgan fingerprint density at radius 2 is 2.11 bits per heavy atom. The quantitative estimate of drug-likeness (QED) is 0.637. The SMILES string of the molecule is CSc1c(NC(C)CC(F)(F)F)sc(C(C)=O)c1N. The van der Waals surface area contributed by atoms with Gasteiger partial charge in [0.05, 0.1) is 21.9 Å². The lowest BCUT2D eigenvalue weighted by molar-refractivity contribution is -0.136. The maximum absolute atomic E-state index is 12.3. The molecule has 0 aromatic carbocycles. The number of carbonyl (C=O) groups is 1. The number of carbonyl (C=O) groups excluding carboxylic acids is 1. The highest BCUT2D eigenvalue weighted by atomic mass is 32.2. The number of halogens is 3. The lowest BCUT2D eigenvalue weighted by Crippen LogP contribution is -2.23. The molecule has 0 spiro atoms. The first-order valence-electron chi connectivity index (χ1n) is 5.46. The molecule has 108 valence electrons. The van der Waals surface area contributed by atoms with Crippen molar-refractivity contribution >= 4 is 39.6 Å². The summed E-state index contributed by atoms with van der Waals surface area (Å²) in [6.07, 6.45) is -3.39. The zero-order chi connectivity index (χ0) is 14.8. The summed E-state index contributed by atoms with van der Waals surface area (Å²) in [5.74, 6) is -0.186. The van der Waals surface area contributed by atoms with E-state index in [0.717, 1.165) is 11.3 Å². The molecule has 0 aliphatic rings. The number of Topliss-reactive ketones (excluding diaryl/α,β-unsaturated/α-hetero) is 1. The van der Waals surface area contributed by atoms with Gasteiger partial charge in [-0.2, -0.15) is 13.2 Å². The Morgan fingerprint density at radius 1 is 1.53 bits per heavy atom. The van der Waals surface area contributed by atoms with Crippen LogP contribution in [0.1, 0.15) is 29.9 Å². The predicted octanol–water partition coefficient (Wildman–Crippen LogP) is 4.01. The van der Waals surface area contributed by atoms with Gasteiger partial charge < -0.3 is 11.1 Å². The number of alkyl halides is 3. The summed E-state index contributed by atoms with van der Waals surface area (Å²) in [6.45, 7) is 2.83. The molecule has 1 rings (SSSR count). The molecule has 0 amide bonds. The van der Waals surface area contributed by atoms with E-state index in [4.69, 9.17) is 5.73 Å². The van der Waals surface area contributed by atoms with Crippen molar-refractivity contribution in [2.24, 2.45) is 0 Å². The summed E-state index contributed by atoms with van der Waals surface area (Å²) < 4.78 is 36.9. The van der Waals surface area contributed by atoms with Gasteiger partial charge in [-0.25, -0.2) is 0 Å². The average Bonchev–Trinajstić information content (AvgIpc) is 2.52. The molecule has 1 unspecified atom stereocenters. The van der Waals surface area contributed by atoms with Crippen LogP contribution in [0.5, 0.6) is 0 Å². The number of thioether (sulfide) groups is 1. The number of ketones is 1. The number of hydrogen-bond donors (Lipinski definition) is 2. The minimum absolute atomic E-state index is 0.186. The summed E-state index contributed by atoms with van der Waals surface area (Å²) in [4.78, 5) is 12.4. The fourth-order valence-corrected chi connectivity index (χ4v) is 3.64. The molecule has 8 heteroatoms. The van der Waals surface area contributed by atoms with Crippen LogP contribution >= 0.6 is 23.1 Å². The topological polar surface area (TPSA) is 55.1 Å². The first kappa shape index (κ1) is 16.2. The first-order valence-corrected chi connectivity index (χ1v) is 7.50. The molecule has 1 aromatic rings. The van der Waals surface area contributed by atoms with Gasteiger partial charge in [0, 0.05) is 13.0 Å². The minimum Gasteiger partial charge on any atom is -0.396 e. The fourth-order valence-electron chi connectivity index (χ4n) is 1.61. The van der Waals surface area contributed by atoms with Crippen LogP contribution in [0.25, 0.3) is 0 Å². The average molecular weight is 312 g/mol. The predicted molar refractivity (Wildman–Crippen MR) is 74.3 cm³/mol. The molecule has 1 heterocycles. The third-order valence-electron chi connectivity index (χ3n) is 2.34. The van der Waals surface area contributed by atoms with Gasteiger partial charge in [-0.1, -0.05) is 0 Å². The van der Waals surface area contributed by atoms with Crippen LogP contribution in [-0.2, 0) is 0 Å².